The molecular weight excluding hydrogens is 256 g/mol. The van der Waals surface area contributed by atoms with Gasteiger partial charge in [0.05, 0.1) is 31.1 Å². The van der Waals surface area contributed by atoms with Crippen LogP contribution in [0, 0.1) is 0 Å². The average molecular weight is 282 g/mol. The van der Waals surface area contributed by atoms with Crippen LogP contribution in [-0.2, 0) is 11.3 Å². The Balaban J connectivity index is 2.01. The molecule has 1 saturated heterocycles. The molecule has 1 aromatic heterocycles. The molecule has 1 aliphatic rings. The Morgan fingerprint density at radius 2 is 2.45 bits per heavy atom. The monoisotopic (exact) mass is 282 g/mol. The first kappa shape index (κ1) is 15.3. The van der Waals surface area contributed by atoms with Crippen molar-refractivity contribution < 1.29 is 9.47 Å². The number of hydrazine groups is 1. The molecule has 1 aliphatic heterocycles. The zero-order valence-corrected chi connectivity index (χ0v) is 12.5. The van der Waals surface area contributed by atoms with Gasteiger partial charge in [-0.05, 0) is 39.0 Å². The fourth-order valence-electron chi connectivity index (χ4n) is 2.83. The molecule has 0 aromatic carbocycles. The molecule has 0 spiro atoms. The van der Waals surface area contributed by atoms with E-state index in [1.165, 1.54) is 12.8 Å². The van der Waals surface area contributed by atoms with Gasteiger partial charge in [-0.25, -0.2) is 0 Å². The maximum absolute atomic E-state index is 5.78. The van der Waals surface area contributed by atoms with Crippen LogP contribution in [0.15, 0.2) is 6.20 Å². The number of nitrogens with zero attached hydrogens (tertiary/aromatic N) is 2. The van der Waals surface area contributed by atoms with E-state index in [0.29, 0.717) is 6.10 Å². The number of ether oxygens (including phenoxy) is 2. The Labute approximate surface area is 120 Å². The van der Waals surface area contributed by atoms with Gasteiger partial charge >= 0.3 is 0 Å². The van der Waals surface area contributed by atoms with Gasteiger partial charge in [0.25, 0.3) is 0 Å². The van der Waals surface area contributed by atoms with Gasteiger partial charge in [-0.15, -0.1) is 0 Å². The zero-order chi connectivity index (χ0) is 14.4. The molecule has 0 radical (unpaired) electrons. The van der Waals surface area contributed by atoms with Crippen LogP contribution in [0.4, 0.5) is 0 Å². The van der Waals surface area contributed by atoms with Crippen molar-refractivity contribution in [3.8, 4) is 5.75 Å². The van der Waals surface area contributed by atoms with Crippen LogP contribution in [0.5, 0.6) is 5.75 Å². The van der Waals surface area contributed by atoms with E-state index in [1.807, 2.05) is 4.68 Å². The Bertz CT molecular complexity index is 380. The lowest BCUT2D eigenvalue weighted by molar-refractivity contribution is 0.00837. The summed E-state index contributed by atoms with van der Waals surface area (Å²) in [5.74, 6) is 6.53. The topological polar surface area (TPSA) is 74.3 Å². The van der Waals surface area contributed by atoms with Crippen LogP contribution in [0.3, 0.4) is 0 Å². The van der Waals surface area contributed by atoms with Crippen LogP contribution >= 0.6 is 0 Å². The summed E-state index contributed by atoms with van der Waals surface area (Å²) in [5, 5.41) is 4.33. The van der Waals surface area contributed by atoms with Crippen LogP contribution < -0.4 is 16.0 Å². The molecule has 114 valence electrons. The second-order valence-electron chi connectivity index (χ2n) is 5.20. The summed E-state index contributed by atoms with van der Waals surface area (Å²) >= 11 is 0. The molecule has 6 nitrogen and oxygen atoms in total. The molecule has 0 saturated carbocycles. The van der Waals surface area contributed by atoms with E-state index in [1.54, 1.807) is 13.3 Å². The predicted octanol–water partition coefficient (Wildman–Crippen LogP) is 1.77. The molecule has 2 unspecified atom stereocenters. The highest BCUT2D eigenvalue weighted by Crippen LogP contribution is 2.29. The van der Waals surface area contributed by atoms with Crippen molar-refractivity contribution in [2.45, 2.75) is 57.7 Å². The standard InChI is InChI=1S/C14H26N4O2/c1-3-18-14(13(19-2)10-16-18)12(17-15)8-7-11-6-4-5-9-20-11/h10-12,17H,3-9,15H2,1-2H3. The summed E-state index contributed by atoms with van der Waals surface area (Å²) in [5.41, 5.74) is 3.92. The number of hydrogen-bond donors (Lipinski definition) is 2. The lowest BCUT2D eigenvalue weighted by Gasteiger charge is -2.25. The average Bonchev–Trinajstić information content (AvgIpc) is 2.92. The number of methoxy groups -OCH3 is 1. The zero-order valence-electron chi connectivity index (χ0n) is 12.5. The molecule has 0 aliphatic carbocycles. The molecule has 20 heavy (non-hydrogen) atoms. The second kappa shape index (κ2) is 7.61. The van der Waals surface area contributed by atoms with Crippen molar-refractivity contribution in [1.82, 2.24) is 15.2 Å². The van der Waals surface area contributed by atoms with Crippen molar-refractivity contribution in [3.05, 3.63) is 11.9 Å². The molecule has 6 heteroatoms. The number of rotatable bonds is 7. The molecule has 2 atom stereocenters. The van der Waals surface area contributed by atoms with Gasteiger partial charge in [-0.1, -0.05) is 0 Å². The van der Waals surface area contributed by atoms with Gasteiger partial charge in [-0.3, -0.25) is 16.0 Å². The van der Waals surface area contributed by atoms with Crippen LogP contribution in [0.2, 0.25) is 0 Å². The van der Waals surface area contributed by atoms with E-state index in [-0.39, 0.29) is 6.04 Å². The highest BCUT2D eigenvalue weighted by molar-refractivity contribution is 5.28. The second-order valence-corrected chi connectivity index (χ2v) is 5.20. The fourth-order valence-corrected chi connectivity index (χ4v) is 2.83. The highest BCUT2D eigenvalue weighted by atomic mass is 16.5. The van der Waals surface area contributed by atoms with E-state index in [0.717, 1.165) is 43.9 Å². The van der Waals surface area contributed by atoms with Gasteiger partial charge in [-0.2, -0.15) is 5.10 Å². The first-order valence-corrected chi connectivity index (χ1v) is 7.47. The van der Waals surface area contributed by atoms with E-state index < -0.39 is 0 Å². The van der Waals surface area contributed by atoms with Crippen molar-refractivity contribution in [3.63, 3.8) is 0 Å². The van der Waals surface area contributed by atoms with E-state index >= 15 is 0 Å². The quantitative estimate of drug-likeness (QED) is 0.589. The molecule has 2 rings (SSSR count). The molecule has 1 aromatic rings. The molecular formula is C14H26N4O2. The largest absolute Gasteiger partial charge is 0.493 e. The summed E-state index contributed by atoms with van der Waals surface area (Å²) in [4.78, 5) is 0. The van der Waals surface area contributed by atoms with Crippen molar-refractivity contribution in [2.75, 3.05) is 13.7 Å². The first-order chi connectivity index (χ1) is 9.80. The third kappa shape index (κ3) is 3.50. The summed E-state index contributed by atoms with van der Waals surface area (Å²) < 4.78 is 13.1. The number of nitrogens with two attached hydrogens (primary N) is 1. The minimum Gasteiger partial charge on any atom is -0.493 e. The minimum absolute atomic E-state index is 0.0397. The van der Waals surface area contributed by atoms with Crippen LogP contribution in [-0.4, -0.2) is 29.6 Å². The third-order valence-corrected chi connectivity index (χ3v) is 3.95. The lowest BCUT2D eigenvalue weighted by Crippen LogP contribution is -2.31. The summed E-state index contributed by atoms with van der Waals surface area (Å²) in [6, 6.07) is 0.0397. The van der Waals surface area contributed by atoms with Gasteiger partial charge in [0.2, 0.25) is 0 Å². The Morgan fingerprint density at radius 3 is 3.05 bits per heavy atom. The maximum Gasteiger partial charge on any atom is 0.161 e. The normalized spacial score (nSPS) is 20.9. The van der Waals surface area contributed by atoms with Gasteiger partial charge in [0.1, 0.15) is 0 Å². The Morgan fingerprint density at radius 1 is 1.60 bits per heavy atom. The smallest absolute Gasteiger partial charge is 0.161 e. The highest BCUT2D eigenvalue weighted by Gasteiger charge is 2.23. The molecule has 1 fully saturated rings. The number of hydrogen-bond acceptors (Lipinski definition) is 5. The van der Waals surface area contributed by atoms with Gasteiger partial charge in [0, 0.05) is 13.2 Å². The third-order valence-electron chi connectivity index (χ3n) is 3.95. The van der Waals surface area contributed by atoms with Crippen molar-refractivity contribution in [2.24, 2.45) is 5.84 Å². The summed E-state index contributed by atoms with van der Waals surface area (Å²) in [6.07, 6.45) is 7.65. The van der Waals surface area contributed by atoms with Gasteiger partial charge in [0.15, 0.2) is 5.75 Å². The molecule has 3 N–H and O–H groups in total. The van der Waals surface area contributed by atoms with Crippen molar-refractivity contribution in [1.29, 1.82) is 0 Å². The lowest BCUT2D eigenvalue weighted by atomic mass is 10.00. The predicted molar refractivity (Wildman–Crippen MR) is 77.3 cm³/mol. The van der Waals surface area contributed by atoms with Crippen LogP contribution in [0.1, 0.15) is 50.8 Å². The van der Waals surface area contributed by atoms with Crippen molar-refractivity contribution >= 4 is 0 Å². The Kier molecular flexibility index (Phi) is 5.82. The van der Waals surface area contributed by atoms with E-state index in [9.17, 15) is 0 Å². The SMILES string of the molecule is CCn1ncc(OC)c1C(CCC1CCCCO1)NN. The summed E-state index contributed by atoms with van der Waals surface area (Å²) in [6.45, 7) is 3.76. The van der Waals surface area contributed by atoms with Crippen LogP contribution in [0.25, 0.3) is 0 Å². The number of aromatic nitrogens is 2. The minimum atomic E-state index is 0.0397. The molecule has 0 amide bonds. The number of aryl methyl sites for hydroxylation is 1. The van der Waals surface area contributed by atoms with E-state index in [4.69, 9.17) is 15.3 Å². The maximum atomic E-state index is 5.78. The van der Waals surface area contributed by atoms with E-state index in [2.05, 4.69) is 17.4 Å². The molecule has 0 bridgehead atoms. The fraction of sp³-hybridized carbons (Fsp3) is 0.786. The Hall–Kier alpha value is -1.11. The van der Waals surface area contributed by atoms with Gasteiger partial charge < -0.3 is 9.47 Å². The summed E-state index contributed by atoms with van der Waals surface area (Å²) in [7, 11) is 1.67. The number of nitrogens with one attached hydrogen (secondary N) is 1. The molecule has 2 heterocycles. The first-order valence-electron chi connectivity index (χ1n) is 7.47.